The zero-order chi connectivity index (χ0) is 21.8. The van der Waals surface area contributed by atoms with Crippen molar-refractivity contribution < 1.29 is 14.3 Å². The number of hydrogen-bond donors (Lipinski definition) is 0. The summed E-state index contributed by atoms with van der Waals surface area (Å²) in [6.07, 6.45) is 3.02. The minimum absolute atomic E-state index is 0.0981. The predicted octanol–water partition coefficient (Wildman–Crippen LogP) is 2.86. The highest BCUT2D eigenvalue weighted by molar-refractivity contribution is 5.97. The van der Waals surface area contributed by atoms with Crippen molar-refractivity contribution in [3.05, 3.63) is 76.2 Å². The third kappa shape index (κ3) is 4.35. The largest absolute Gasteiger partial charge is 0.466 e. The first-order valence-corrected chi connectivity index (χ1v) is 10.6. The monoisotopic (exact) mass is 419 g/mol. The smallest absolute Gasteiger partial charge is 0.310 e. The molecule has 0 bridgehead atoms. The molecule has 31 heavy (non-hydrogen) atoms. The number of ether oxygens (including phenoxy) is 1. The summed E-state index contributed by atoms with van der Waals surface area (Å²) < 4.78 is 6.68. The molecular formula is C24H25N3O4. The summed E-state index contributed by atoms with van der Waals surface area (Å²) in [6.45, 7) is 3.17. The van der Waals surface area contributed by atoms with Crippen LogP contribution in [0.15, 0.2) is 59.5 Å². The zero-order valence-electron chi connectivity index (χ0n) is 17.5. The number of benzene rings is 1. The van der Waals surface area contributed by atoms with E-state index in [0.717, 1.165) is 10.9 Å². The van der Waals surface area contributed by atoms with Gasteiger partial charge in [-0.05, 0) is 43.5 Å². The van der Waals surface area contributed by atoms with Crippen LogP contribution >= 0.6 is 0 Å². The average Bonchev–Trinajstić information content (AvgIpc) is 2.81. The molecule has 0 radical (unpaired) electrons. The van der Waals surface area contributed by atoms with Crippen molar-refractivity contribution in [1.29, 1.82) is 0 Å². The second-order valence-electron chi connectivity index (χ2n) is 7.69. The summed E-state index contributed by atoms with van der Waals surface area (Å²) >= 11 is 0. The van der Waals surface area contributed by atoms with Crippen LogP contribution in [-0.4, -0.2) is 46.0 Å². The van der Waals surface area contributed by atoms with Crippen LogP contribution in [0.5, 0.6) is 0 Å². The number of nitrogens with zero attached hydrogens (tertiary/aromatic N) is 3. The van der Waals surface area contributed by atoms with Crippen molar-refractivity contribution in [3.63, 3.8) is 0 Å². The maximum absolute atomic E-state index is 13.4. The number of amides is 1. The molecule has 0 unspecified atom stereocenters. The molecule has 3 aromatic rings. The zero-order valence-corrected chi connectivity index (χ0v) is 17.5. The van der Waals surface area contributed by atoms with Gasteiger partial charge < -0.3 is 9.64 Å². The number of hydrogen-bond acceptors (Lipinski definition) is 5. The van der Waals surface area contributed by atoms with E-state index in [2.05, 4.69) is 4.98 Å². The molecule has 7 heteroatoms. The number of carbonyl (C=O) groups excluding carboxylic acids is 2. The molecule has 160 valence electrons. The molecule has 1 amide bonds. The third-order valence-corrected chi connectivity index (χ3v) is 5.59. The Morgan fingerprint density at radius 2 is 1.97 bits per heavy atom. The fourth-order valence-electron chi connectivity index (χ4n) is 4.06. The van der Waals surface area contributed by atoms with Crippen LogP contribution in [-0.2, 0) is 16.1 Å². The van der Waals surface area contributed by atoms with E-state index in [0.29, 0.717) is 38.2 Å². The Morgan fingerprint density at radius 3 is 2.74 bits per heavy atom. The molecule has 0 spiro atoms. The van der Waals surface area contributed by atoms with Gasteiger partial charge in [0.2, 0.25) is 0 Å². The maximum atomic E-state index is 13.4. The third-order valence-electron chi connectivity index (χ3n) is 5.59. The van der Waals surface area contributed by atoms with Gasteiger partial charge in [-0.15, -0.1) is 0 Å². The summed E-state index contributed by atoms with van der Waals surface area (Å²) in [5.74, 6) is -0.998. The normalized spacial score (nSPS) is 16.3. The lowest BCUT2D eigenvalue weighted by atomic mass is 9.97. The van der Waals surface area contributed by atoms with Crippen LogP contribution in [0.4, 0.5) is 0 Å². The quantitative estimate of drug-likeness (QED) is 0.594. The SMILES string of the molecule is CCOC(=O)[C@@H]1CCCN(C(=O)c2cc3cccnc3n(Cc3ccccc3)c2=O)C1. The van der Waals surface area contributed by atoms with Crippen LogP contribution in [0.2, 0.25) is 0 Å². The highest BCUT2D eigenvalue weighted by Crippen LogP contribution is 2.21. The highest BCUT2D eigenvalue weighted by Gasteiger charge is 2.31. The number of fused-ring (bicyclic) bond motifs is 1. The number of aromatic nitrogens is 2. The Balaban J connectivity index is 1.70. The van der Waals surface area contributed by atoms with Gasteiger partial charge in [0.15, 0.2) is 0 Å². The second kappa shape index (κ2) is 9.12. The highest BCUT2D eigenvalue weighted by atomic mass is 16.5. The molecule has 1 aliphatic heterocycles. The van der Waals surface area contributed by atoms with Crippen LogP contribution in [0.25, 0.3) is 11.0 Å². The Hall–Kier alpha value is -3.48. The minimum atomic E-state index is -0.377. The molecule has 4 rings (SSSR count). The standard InChI is InChI=1S/C24H25N3O4/c1-2-31-24(30)19-11-7-13-26(16-19)22(28)20-14-18-10-6-12-25-21(18)27(23(20)29)15-17-8-4-3-5-9-17/h3-6,8-10,12,14,19H,2,7,11,13,15-16H2,1H3/t19-/m1/s1. The van der Waals surface area contributed by atoms with Gasteiger partial charge in [-0.2, -0.15) is 0 Å². The maximum Gasteiger partial charge on any atom is 0.310 e. The van der Waals surface area contributed by atoms with Gasteiger partial charge in [0.05, 0.1) is 19.1 Å². The van der Waals surface area contributed by atoms with Gasteiger partial charge in [0.1, 0.15) is 11.2 Å². The fraction of sp³-hybridized carbons (Fsp3) is 0.333. The number of carbonyl (C=O) groups is 2. The number of esters is 1. The summed E-state index contributed by atoms with van der Waals surface area (Å²) in [5, 5.41) is 0.723. The minimum Gasteiger partial charge on any atom is -0.466 e. The van der Waals surface area contributed by atoms with E-state index in [1.807, 2.05) is 36.4 Å². The lowest BCUT2D eigenvalue weighted by Gasteiger charge is -2.31. The Kier molecular flexibility index (Phi) is 6.11. The molecule has 3 heterocycles. The first-order chi connectivity index (χ1) is 15.1. The van der Waals surface area contributed by atoms with Gasteiger partial charge in [-0.25, -0.2) is 4.98 Å². The van der Waals surface area contributed by atoms with E-state index in [4.69, 9.17) is 4.74 Å². The number of likely N-dealkylation sites (tertiary alicyclic amines) is 1. The van der Waals surface area contributed by atoms with E-state index < -0.39 is 0 Å². The van der Waals surface area contributed by atoms with Crippen LogP contribution in [0.1, 0.15) is 35.7 Å². The van der Waals surface area contributed by atoms with Crippen LogP contribution in [0, 0.1) is 5.92 Å². The van der Waals surface area contributed by atoms with Crippen molar-refractivity contribution in [2.24, 2.45) is 5.92 Å². The Morgan fingerprint density at radius 1 is 1.16 bits per heavy atom. The first-order valence-electron chi connectivity index (χ1n) is 10.6. The predicted molar refractivity (Wildman–Crippen MR) is 117 cm³/mol. The van der Waals surface area contributed by atoms with Gasteiger partial charge in [0.25, 0.3) is 11.5 Å². The number of rotatable bonds is 5. The van der Waals surface area contributed by atoms with E-state index in [-0.39, 0.29) is 35.5 Å². The van der Waals surface area contributed by atoms with Gasteiger partial charge >= 0.3 is 5.97 Å². The molecule has 7 nitrogen and oxygen atoms in total. The van der Waals surface area contributed by atoms with Gasteiger partial charge in [-0.1, -0.05) is 30.3 Å². The summed E-state index contributed by atoms with van der Waals surface area (Å²) in [5.41, 5.74) is 1.21. The molecule has 0 N–H and O–H groups in total. The lowest BCUT2D eigenvalue weighted by molar-refractivity contribution is -0.149. The van der Waals surface area contributed by atoms with E-state index >= 15 is 0 Å². The van der Waals surface area contributed by atoms with Crippen molar-refractivity contribution in [2.75, 3.05) is 19.7 Å². The summed E-state index contributed by atoms with van der Waals surface area (Å²) in [6, 6.07) is 14.8. The molecule has 1 fully saturated rings. The van der Waals surface area contributed by atoms with E-state index in [9.17, 15) is 14.4 Å². The molecule has 1 aliphatic rings. The molecule has 0 saturated carbocycles. The Bertz CT molecular complexity index is 1160. The molecule has 1 aromatic carbocycles. The number of pyridine rings is 2. The fourth-order valence-corrected chi connectivity index (χ4v) is 4.06. The molecule has 1 saturated heterocycles. The van der Waals surface area contributed by atoms with Crippen molar-refractivity contribution >= 4 is 22.9 Å². The average molecular weight is 419 g/mol. The van der Waals surface area contributed by atoms with Crippen LogP contribution < -0.4 is 5.56 Å². The molecule has 0 aliphatic carbocycles. The van der Waals surface area contributed by atoms with Gasteiger partial charge in [-0.3, -0.25) is 19.0 Å². The van der Waals surface area contributed by atoms with Gasteiger partial charge in [0, 0.05) is 24.7 Å². The summed E-state index contributed by atoms with van der Waals surface area (Å²) in [7, 11) is 0. The van der Waals surface area contributed by atoms with Crippen molar-refractivity contribution in [1.82, 2.24) is 14.5 Å². The first kappa shape index (κ1) is 20.8. The van der Waals surface area contributed by atoms with E-state index in [1.165, 1.54) is 0 Å². The van der Waals surface area contributed by atoms with Crippen LogP contribution in [0.3, 0.4) is 0 Å². The summed E-state index contributed by atoms with van der Waals surface area (Å²) in [4.78, 5) is 44.9. The van der Waals surface area contributed by atoms with Crippen molar-refractivity contribution in [2.45, 2.75) is 26.3 Å². The van der Waals surface area contributed by atoms with E-state index in [1.54, 1.807) is 34.7 Å². The topological polar surface area (TPSA) is 81.5 Å². The second-order valence-corrected chi connectivity index (χ2v) is 7.69. The molecular weight excluding hydrogens is 394 g/mol. The number of piperidine rings is 1. The Labute approximate surface area is 180 Å². The molecule has 1 atom stereocenters. The molecule has 2 aromatic heterocycles. The lowest BCUT2D eigenvalue weighted by Crippen LogP contribution is -2.44. The van der Waals surface area contributed by atoms with Crippen molar-refractivity contribution in [3.8, 4) is 0 Å².